The highest BCUT2D eigenvalue weighted by molar-refractivity contribution is 5.61. The van der Waals surface area contributed by atoms with Gasteiger partial charge in [0, 0.05) is 11.8 Å². The molecule has 3 heteroatoms. The molecule has 1 aliphatic carbocycles. The standard InChI is InChI=1S/C11H9N3/c12-8-11(4-5-11)9-7-13-14-6-2-1-3-10(9)14/h1-3,6-7H,4-5H2. The predicted molar refractivity (Wildman–Crippen MR) is 51.7 cm³/mol. The number of hydrogen-bond acceptors (Lipinski definition) is 2. The van der Waals surface area contributed by atoms with Gasteiger partial charge in [0.15, 0.2) is 0 Å². The Morgan fingerprint density at radius 3 is 3.00 bits per heavy atom. The Balaban J connectivity index is 2.29. The van der Waals surface area contributed by atoms with Crippen LogP contribution in [0.3, 0.4) is 0 Å². The number of aromatic nitrogens is 2. The lowest BCUT2D eigenvalue weighted by atomic mass is 10.00. The molecule has 0 saturated heterocycles. The molecule has 0 aromatic carbocycles. The number of nitrogens with zero attached hydrogens (tertiary/aromatic N) is 3. The highest BCUT2D eigenvalue weighted by Crippen LogP contribution is 2.48. The van der Waals surface area contributed by atoms with E-state index < -0.39 is 0 Å². The SMILES string of the molecule is N#CC1(c2cnn3ccccc23)CC1. The first-order valence-electron chi connectivity index (χ1n) is 4.70. The second-order valence-electron chi connectivity index (χ2n) is 3.78. The summed E-state index contributed by atoms with van der Waals surface area (Å²) in [6.07, 6.45) is 5.68. The monoisotopic (exact) mass is 183 g/mol. The highest BCUT2D eigenvalue weighted by Gasteiger charge is 2.46. The second-order valence-corrected chi connectivity index (χ2v) is 3.78. The van der Waals surface area contributed by atoms with E-state index in [1.54, 1.807) is 0 Å². The van der Waals surface area contributed by atoms with Crippen LogP contribution < -0.4 is 0 Å². The third kappa shape index (κ3) is 0.828. The molecule has 1 aliphatic rings. The first-order chi connectivity index (χ1) is 6.86. The lowest BCUT2D eigenvalue weighted by molar-refractivity contribution is 0.919. The molecule has 3 nitrogen and oxygen atoms in total. The van der Waals surface area contributed by atoms with E-state index in [1.165, 1.54) is 0 Å². The Labute approximate surface area is 81.6 Å². The van der Waals surface area contributed by atoms with E-state index in [0.717, 1.165) is 23.9 Å². The van der Waals surface area contributed by atoms with Crippen molar-refractivity contribution in [1.29, 1.82) is 5.26 Å². The number of pyridine rings is 1. The van der Waals surface area contributed by atoms with E-state index >= 15 is 0 Å². The topological polar surface area (TPSA) is 41.1 Å². The fourth-order valence-electron chi connectivity index (χ4n) is 1.87. The van der Waals surface area contributed by atoms with E-state index in [9.17, 15) is 0 Å². The van der Waals surface area contributed by atoms with Crippen molar-refractivity contribution >= 4 is 5.52 Å². The molecule has 68 valence electrons. The second kappa shape index (κ2) is 2.36. The average Bonchev–Trinajstić information content (AvgIpc) is 2.91. The summed E-state index contributed by atoms with van der Waals surface area (Å²) in [7, 11) is 0. The van der Waals surface area contributed by atoms with Gasteiger partial charge >= 0.3 is 0 Å². The molecule has 1 saturated carbocycles. The van der Waals surface area contributed by atoms with Crippen molar-refractivity contribution in [2.24, 2.45) is 0 Å². The van der Waals surface area contributed by atoms with E-state index in [-0.39, 0.29) is 5.41 Å². The van der Waals surface area contributed by atoms with Crippen molar-refractivity contribution in [3.05, 3.63) is 36.2 Å². The maximum atomic E-state index is 9.10. The van der Waals surface area contributed by atoms with E-state index in [4.69, 9.17) is 5.26 Å². The fourth-order valence-corrected chi connectivity index (χ4v) is 1.87. The van der Waals surface area contributed by atoms with Crippen LogP contribution in [0.2, 0.25) is 0 Å². The summed E-state index contributed by atoms with van der Waals surface area (Å²) in [4.78, 5) is 0. The quantitative estimate of drug-likeness (QED) is 0.677. The Morgan fingerprint density at radius 1 is 1.43 bits per heavy atom. The maximum absolute atomic E-state index is 9.10. The summed E-state index contributed by atoms with van der Waals surface area (Å²) in [6.45, 7) is 0. The molecule has 0 spiro atoms. The molecule has 2 heterocycles. The minimum absolute atomic E-state index is 0.233. The molecule has 3 rings (SSSR count). The van der Waals surface area contributed by atoms with Crippen LogP contribution in [0.4, 0.5) is 0 Å². The van der Waals surface area contributed by atoms with Gasteiger partial charge in [-0.3, -0.25) is 0 Å². The van der Waals surface area contributed by atoms with Gasteiger partial charge in [-0.15, -0.1) is 0 Å². The molecular weight excluding hydrogens is 174 g/mol. The van der Waals surface area contributed by atoms with Crippen molar-refractivity contribution in [3.8, 4) is 6.07 Å². The van der Waals surface area contributed by atoms with Gasteiger partial charge in [-0.2, -0.15) is 10.4 Å². The Bertz CT molecular complexity index is 529. The van der Waals surface area contributed by atoms with Crippen LogP contribution in [-0.2, 0) is 5.41 Å². The Morgan fingerprint density at radius 2 is 2.29 bits per heavy atom. The van der Waals surface area contributed by atoms with Crippen molar-refractivity contribution in [2.75, 3.05) is 0 Å². The molecule has 0 radical (unpaired) electrons. The summed E-state index contributed by atoms with van der Waals surface area (Å²) in [6, 6.07) is 8.33. The minimum Gasteiger partial charge on any atom is -0.241 e. The number of hydrogen-bond donors (Lipinski definition) is 0. The van der Waals surface area contributed by atoms with Crippen molar-refractivity contribution in [1.82, 2.24) is 9.61 Å². The summed E-state index contributed by atoms with van der Waals surface area (Å²) >= 11 is 0. The number of rotatable bonds is 1. The molecule has 0 unspecified atom stereocenters. The average molecular weight is 183 g/mol. The van der Waals surface area contributed by atoms with Gasteiger partial charge in [0.25, 0.3) is 0 Å². The van der Waals surface area contributed by atoms with Crippen LogP contribution in [0.5, 0.6) is 0 Å². The van der Waals surface area contributed by atoms with Crippen LogP contribution in [0.1, 0.15) is 18.4 Å². The summed E-state index contributed by atoms with van der Waals surface area (Å²) in [5.74, 6) is 0. The number of nitriles is 1. The van der Waals surface area contributed by atoms with Gasteiger partial charge in [0.2, 0.25) is 0 Å². The first-order valence-corrected chi connectivity index (χ1v) is 4.70. The molecule has 1 fully saturated rings. The summed E-state index contributed by atoms with van der Waals surface area (Å²) in [5, 5.41) is 13.3. The molecule has 0 amide bonds. The Hall–Kier alpha value is -1.82. The fraction of sp³-hybridized carbons (Fsp3) is 0.273. The van der Waals surface area contributed by atoms with E-state index in [1.807, 2.05) is 35.1 Å². The molecule has 0 aliphatic heterocycles. The van der Waals surface area contributed by atoms with Crippen LogP contribution in [0.25, 0.3) is 5.52 Å². The first kappa shape index (κ1) is 7.57. The van der Waals surface area contributed by atoms with E-state index in [0.29, 0.717) is 0 Å². The lowest BCUT2D eigenvalue weighted by Gasteiger charge is -2.01. The van der Waals surface area contributed by atoms with Crippen LogP contribution >= 0.6 is 0 Å². The smallest absolute Gasteiger partial charge is 0.0860 e. The molecular formula is C11H9N3. The van der Waals surface area contributed by atoms with Crippen LogP contribution in [0.15, 0.2) is 30.6 Å². The molecule has 0 bridgehead atoms. The third-order valence-electron chi connectivity index (χ3n) is 2.91. The molecule has 0 N–H and O–H groups in total. The van der Waals surface area contributed by atoms with E-state index in [2.05, 4.69) is 11.2 Å². The molecule has 2 aromatic rings. The third-order valence-corrected chi connectivity index (χ3v) is 2.91. The lowest BCUT2D eigenvalue weighted by Crippen LogP contribution is -2.01. The molecule has 2 aromatic heterocycles. The van der Waals surface area contributed by atoms with Crippen molar-refractivity contribution in [3.63, 3.8) is 0 Å². The highest BCUT2D eigenvalue weighted by atomic mass is 15.2. The minimum atomic E-state index is -0.233. The predicted octanol–water partition coefficient (Wildman–Crippen LogP) is 1.89. The Kier molecular flexibility index (Phi) is 1.27. The van der Waals surface area contributed by atoms with Gasteiger partial charge < -0.3 is 0 Å². The molecule has 0 atom stereocenters. The number of fused-ring (bicyclic) bond motifs is 1. The van der Waals surface area contributed by atoms with Crippen LogP contribution in [-0.4, -0.2) is 9.61 Å². The van der Waals surface area contributed by atoms with Crippen molar-refractivity contribution < 1.29 is 0 Å². The van der Waals surface area contributed by atoms with Crippen molar-refractivity contribution in [2.45, 2.75) is 18.3 Å². The summed E-state index contributed by atoms with van der Waals surface area (Å²) < 4.78 is 1.83. The maximum Gasteiger partial charge on any atom is 0.0860 e. The van der Waals surface area contributed by atoms with Gasteiger partial charge in [-0.05, 0) is 25.0 Å². The van der Waals surface area contributed by atoms with Gasteiger partial charge in [-0.25, -0.2) is 4.52 Å². The zero-order valence-electron chi connectivity index (χ0n) is 7.64. The zero-order valence-corrected chi connectivity index (χ0v) is 7.64. The summed E-state index contributed by atoms with van der Waals surface area (Å²) in [5.41, 5.74) is 1.91. The van der Waals surface area contributed by atoms with Gasteiger partial charge in [-0.1, -0.05) is 6.07 Å². The van der Waals surface area contributed by atoms with Crippen LogP contribution in [0, 0.1) is 11.3 Å². The van der Waals surface area contributed by atoms with Gasteiger partial charge in [0.05, 0.1) is 23.2 Å². The zero-order chi connectivity index (χ0) is 9.60. The largest absolute Gasteiger partial charge is 0.241 e. The normalized spacial score (nSPS) is 17.9. The van der Waals surface area contributed by atoms with Gasteiger partial charge in [0.1, 0.15) is 0 Å². The molecule has 14 heavy (non-hydrogen) atoms.